The van der Waals surface area contributed by atoms with E-state index in [4.69, 9.17) is 0 Å². The van der Waals surface area contributed by atoms with Gasteiger partial charge in [0, 0.05) is 19.7 Å². The van der Waals surface area contributed by atoms with Gasteiger partial charge in [0.2, 0.25) is 0 Å². The number of likely N-dealkylation sites (tertiary alicyclic amines) is 1. The topological polar surface area (TPSA) is 68.8 Å². The van der Waals surface area contributed by atoms with E-state index >= 15 is 0 Å². The summed E-state index contributed by atoms with van der Waals surface area (Å²) in [5.41, 5.74) is -1.81. The Morgan fingerprint density at radius 1 is 1.24 bits per heavy atom. The standard InChI is InChI=1S/C15H19F3N6O/c1-22-10-20-21-13(22)8-23-4-2-11(3-5-23)7-24-9-19-12(6-14(24)25)15(16,17)18/h6,9-11H,2-5,7-8H2,1H3. The van der Waals surface area contributed by atoms with Crippen molar-refractivity contribution in [2.45, 2.75) is 32.1 Å². The summed E-state index contributed by atoms with van der Waals surface area (Å²) in [6.07, 6.45) is -0.205. The molecule has 0 aromatic carbocycles. The summed E-state index contributed by atoms with van der Waals surface area (Å²) in [7, 11) is 1.89. The van der Waals surface area contributed by atoms with Crippen LogP contribution in [0.3, 0.4) is 0 Å². The maximum absolute atomic E-state index is 12.6. The lowest BCUT2D eigenvalue weighted by molar-refractivity contribution is -0.141. The lowest BCUT2D eigenvalue weighted by atomic mass is 9.96. The van der Waals surface area contributed by atoms with Crippen LogP contribution in [0.1, 0.15) is 24.4 Å². The molecular formula is C15H19F3N6O. The molecule has 2 aromatic rings. The van der Waals surface area contributed by atoms with E-state index in [0.717, 1.165) is 38.1 Å². The van der Waals surface area contributed by atoms with Crippen LogP contribution in [0.2, 0.25) is 0 Å². The molecule has 3 heterocycles. The first-order valence-electron chi connectivity index (χ1n) is 8.02. The van der Waals surface area contributed by atoms with Crippen molar-refractivity contribution in [2.75, 3.05) is 13.1 Å². The van der Waals surface area contributed by atoms with Crippen molar-refractivity contribution < 1.29 is 13.2 Å². The average Bonchev–Trinajstić information content (AvgIpc) is 2.95. The molecule has 1 saturated heterocycles. The zero-order chi connectivity index (χ0) is 18.0. The fourth-order valence-corrected chi connectivity index (χ4v) is 2.97. The number of aromatic nitrogens is 5. The summed E-state index contributed by atoms with van der Waals surface area (Å²) in [6, 6.07) is 0.559. The molecule has 1 aliphatic heterocycles. The fraction of sp³-hybridized carbons (Fsp3) is 0.600. The molecule has 0 atom stereocenters. The normalized spacial score (nSPS) is 17.1. The zero-order valence-corrected chi connectivity index (χ0v) is 13.8. The lowest BCUT2D eigenvalue weighted by Crippen LogP contribution is -2.36. The smallest absolute Gasteiger partial charge is 0.320 e. The predicted molar refractivity (Wildman–Crippen MR) is 82.5 cm³/mol. The monoisotopic (exact) mass is 356 g/mol. The van der Waals surface area contributed by atoms with E-state index in [2.05, 4.69) is 20.1 Å². The second-order valence-electron chi connectivity index (χ2n) is 6.34. The molecule has 0 aliphatic carbocycles. The summed E-state index contributed by atoms with van der Waals surface area (Å²) < 4.78 is 40.8. The number of alkyl halides is 3. The molecule has 3 rings (SSSR count). The molecule has 1 aliphatic rings. The maximum Gasteiger partial charge on any atom is 0.433 e. The number of rotatable bonds is 4. The summed E-state index contributed by atoms with van der Waals surface area (Å²) >= 11 is 0. The van der Waals surface area contributed by atoms with E-state index in [0.29, 0.717) is 19.2 Å². The van der Waals surface area contributed by atoms with E-state index in [1.807, 2.05) is 11.6 Å². The van der Waals surface area contributed by atoms with Crippen molar-refractivity contribution >= 4 is 0 Å². The van der Waals surface area contributed by atoms with Crippen LogP contribution in [-0.4, -0.2) is 42.3 Å². The number of nitrogens with zero attached hydrogens (tertiary/aromatic N) is 6. The number of piperidine rings is 1. The molecule has 0 bridgehead atoms. The Hall–Kier alpha value is -2.23. The molecule has 1 fully saturated rings. The highest BCUT2D eigenvalue weighted by Crippen LogP contribution is 2.26. The molecule has 0 radical (unpaired) electrons. The number of halogens is 3. The zero-order valence-electron chi connectivity index (χ0n) is 13.8. The number of hydrogen-bond donors (Lipinski definition) is 0. The summed E-state index contributed by atoms with van der Waals surface area (Å²) in [4.78, 5) is 17.5. The van der Waals surface area contributed by atoms with E-state index in [1.54, 1.807) is 6.33 Å². The molecule has 0 spiro atoms. The second-order valence-corrected chi connectivity index (χ2v) is 6.34. The summed E-state index contributed by atoms with van der Waals surface area (Å²) in [5, 5.41) is 7.92. The molecule has 136 valence electrons. The lowest BCUT2D eigenvalue weighted by Gasteiger charge is -2.31. The third kappa shape index (κ3) is 4.25. The third-order valence-corrected chi connectivity index (χ3v) is 4.50. The van der Waals surface area contributed by atoms with Crippen molar-refractivity contribution in [1.82, 2.24) is 29.2 Å². The SMILES string of the molecule is Cn1cnnc1CN1CCC(Cn2cnc(C(F)(F)F)cc2=O)CC1. The van der Waals surface area contributed by atoms with Gasteiger partial charge in [-0.15, -0.1) is 10.2 Å². The Bertz CT molecular complexity index is 776. The fourth-order valence-electron chi connectivity index (χ4n) is 2.97. The Morgan fingerprint density at radius 2 is 1.96 bits per heavy atom. The van der Waals surface area contributed by atoms with E-state index in [1.165, 1.54) is 4.57 Å². The molecule has 7 nitrogen and oxygen atoms in total. The van der Waals surface area contributed by atoms with E-state index in [-0.39, 0.29) is 5.92 Å². The van der Waals surface area contributed by atoms with Gasteiger partial charge in [-0.1, -0.05) is 0 Å². The van der Waals surface area contributed by atoms with Gasteiger partial charge in [-0.2, -0.15) is 13.2 Å². The first kappa shape index (κ1) is 17.6. The van der Waals surface area contributed by atoms with Crippen LogP contribution in [0.4, 0.5) is 13.2 Å². The Morgan fingerprint density at radius 3 is 2.52 bits per heavy atom. The molecule has 0 amide bonds. The minimum absolute atomic E-state index is 0.243. The van der Waals surface area contributed by atoms with Crippen molar-refractivity contribution in [3.05, 3.63) is 40.6 Å². The molecule has 2 aromatic heterocycles. The van der Waals surface area contributed by atoms with Gasteiger partial charge >= 0.3 is 6.18 Å². The molecule has 0 N–H and O–H groups in total. The van der Waals surface area contributed by atoms with Gasteiger partial charge in [0.25, 0.3) is 5.56 Å². The molecule has 10 heteroatoms. The van der Waals surface area contributed by atoms with Crippen molar-refractivity contribution in [3.63, 3.8) is 0 Å². The minimum atomic E-state index is -4.59. The van der Waals surface area contributed by atoms with Crippen LogP contribution in [0, 0.1) is 5.92 Å². The van der Waals surface area contributed by atoms with Gasteiger partial charge in [-0.3, -0.25) is 14.3 Å². The first-order valence-corrected chi connectivity index (χ1v) is 8.02. The maximum atomic E-state index is 12.6. The highest BCUT2D eigenvalue weighted by Gasteiger charge is 2.33. The highest BCUT2D eigenvalue weighted by molar-refractivity contribution is 5.03. The quantitative estimate of drug-likeness (QED) is 0.826. The van der Waals surface area contributed by atoms with Gasteiger partial charge < -0.3 is 4.57 Å². The Labute approximate surface area is 142 Å². The van der Waals surface area contributed by atoms with Crippen molar-refractivity contribution in [1.29, 1.82) is 0 Å². The minimum Gasteiger partial charge on any atom is -0.320 e. The van der Waals surface area contributed by atoms with Gasteiger partial charge in [0.05, 0.1) is 12.9 Å². The Kier molecular flexibility index (Phi) is 4.89. The third-order valence-electron chi connectivity index (χ3n) is 4.50. The highest BCUT2D eigenvalue weighted by atomic mass is 19.4. The van der Waals surface area contributed by atoms with Crippen LogP contribution < -0.4 is 5.56 Å². The van der Waals surface area contributed by atoms with E-state index in [9.17, 15) is 18.0 Å². The number of hydrogen-bond acceptors (Lipinski definition) is 5. The molecule has 25 heavy (non-hydrogen) atoms. The van der Waals surface area contributed by atoms with Crippen LogP contribution in [-0.2, 0) is 26.3 Å². The summed E-state index contributed by atoms with van der Waals surface area (Å²) in [5.74, 6) is 1.13. The Balaban J connectivity index is 1.56. The first-order chi connectivity index (χ1) is 11.8. The van der Waals surface area contributed by atoms with Crippen LogP contribution >= 0.6 is 0 Å². The summed E-state index contributed by atoms with van der Waals surface area (Å²) in [6.45, 7) is 2.80. The molecule has 0 saturated carbocycles. The molecule has 0 unspecified atom stereocenters. The van der Waals surface area contributed by atoms with Gasteiger partial charge in [-0.05, 0) is 31.8 Å². The van der Waals surface area contributed by atoms with Crippen LogP contribution in [0.5, 0.6) is 0 Å². The van der Waals surface area contributed by atoms with E-state index < -0.39 is 17.4 Å². The predicted octanol–water partition coefficient (Wildman–Crippen LogP) is 1.30. The van der Waals surface area contributed by atoms with Gasteiger partial charge in [0.1, 0.15) is 12.2 Å². The van der Waals surface area contributed by atoms with Crippen LogP contribution in [0.25, 0.3) is 0 Å². The van der Waals surface area contributed by atoms with Crippen molar-refractivity contribution in [3.8, 4) is 0 Å². The van der Waals surface area contributed by atoms with Gasteiger partial charge in [-0.25, -0.2) is 4.98 Å². The molecular weight excluding hydrogens is 337 g/mol. The second kappa shape index (κ2) is 6.95. The van der Waals surface area contributed by atoms with Crippen LogP contribution in [0.15, 0.2) is 23.5 Å². The number of aryl methyl sites for hydroxylation is 1. The van der Waals surface area contributed by atoms with Crippen molar-refractivity contribution in [2.24, 2.45) is 13.0 Å². The van der Waals surface area contributed by atoms with Gasteiger partial charge in [0.15, 0.2) is 5.69 Å². The largest absolute Gasteiger partial charge is 0.433 e. The average molecular weight is 356 g/mol.